The van der Waals surface area contributed by atoms with Crippen LogP contribution in [0.25, 0.3) is 0 Å². The smallest absolute Gasteiger partial charge is 0.271 e. The van der Waals surface area contributed by atoms with E-state index in [0.717, 1.165) is 5.56 Å². The lowest BCUT2D eigenvalue weighted by molar-refractivity contribution is -0.384. The van der Waals surface area contributed by atoms with Crippen molar-refractivity contribution in [1.29, 1.82) is 0 Å². The third-order valence-electron chi connectivity index (χ3n) is 3.96. The summed E-state index contributed by atoms with van der Waals surface area (Å²) in [6.45, 7) is 2.45. The number of rotatable bonds is 7. The summed E-state index contributed by atoms with van der Waals surface area (Å²) in [6, 6.07) is 13.8. The zero-order valence-electron chi connectivity index (χ0n) is 14.4. The highest BCUT2D eigenvalue weighted by molar-refractivity contribution is 7.98. The Balaban J connectivity index is 1.98. The van der Waals surface area contributed by atoms with E-state index in [4.69, 9.17) is 0 Å². The number of carbonyl (C=O) groups excluding carboxylic acids is 1. The molecule has 2 aromatic carbocycles. The number of benzene rings is 2. The Labute approximate surface area is 151 Å². The molecule has 1 N–H and O–H groups in total. The zero-order valence-corrected chi connectivity index (χ0v) is 15.2. The van der Waals surface area contributed by atoms with Crippen LogP contribution in [0.2, 0.25) is 0 Å². The molecule has 1 atom stereocenters. The second kappa shape index (κ2) is 8.64. The van der Waals surface area contributed by atoms with Gasteiger partial charge in [-0.3, -0.25) is 19.8 Å². The van der Waals surface area contributed by atoms with Gasteiger partial charge in [-0.1, -0.05) is 18.2 Å². The summed E-state index contributed by atoms with van der Waals surface area (Å²) in [4.78, 5) is 25.9. The average Bonchev–Trinajstić information content (AvgIpc) is 2.61. The molecule has 132 valence electrons. The van der Waals surface area contributed by atoms with Gasteiger partial charge < -0.3 is 5.32 Å². The number of nitrogens with zero attached hydrogens (tertiary/aromatic N) is 2. The molecular weight excluding hydrogens is 338 g/mol. The number of amides is 1. The van der Waals surface area contributed by atoms with Gasteiger partial charge in [-0.15, -0.1) is 11.8 Å². The highest BCUT2D eigenvalue weighted by Gasteiger charge is 2.19. The number of hydrogen-bond donors (Lipinski definition) is 1. The molecule has 0 aromatic heterocycles. The number of anilines is 1. The van der Waals surface area contributed by atoms with Crippen LogP contribution in [0.5, 0.6) is 0 Å². The molecular formula is C18H21N3O3S. The van der Waals surface area contributed by atoms with Crippen molar-refractivity contribution < 1.29 is 9.72 Å². The molecule has 0 saturated carbocycles. The lowest BCUT2D eigenvalue weighted by Crippen LogP contribution is -2.39. The van der Waals surface area contributed by atoms with Gasteiger partial charge in [0.15, 0.2) is 0 Å². The molecule has 0 radical (unpaired) electrons. The van der Waals surface area contributed by atoms with Crippen molar-refractivity contribution in [2.45, 2.75) is 24.4 Å². The Bertz CT molecular complexity index is 749. The quantitative estimate of drug-likeness (QED) is 0.463. The second-order valence-electron chi connectivity index (χ2n) is 5.74. The summed E-state index contributed by atoms with van der Waals surface area (Å²) >= 11 is 1.69. The largest absolute Gasteiger partial charge is 0.324 e. The van der Waals surface area contributed by atoms with E-state index in [1.165, 1.54) is 17.0 Å². The van der Waals surface area contributed by atoms with Crippen LogP contribution in [-0.2, 0) is 11.3 Å². The Kier molecular flexibility index (Phi) is 6.55. The summed E-state index contributed by atoms with van der Waals surface area (Å²) in [6.07, 6.45) is 2.03. The molecule has 0 spiro atoms. The lowest BCUT2D eigenvalue weighted by Gasteiger charge is -2.24. The second-order valence-corrected chi connectivity index (χ2v) is 6.62. The van der Waals surface area contributed by atoms with E-state index in [9.17, 15) is 14.9 Å². The number of nitro groups is 1. The molecule has 0 unspecified atom stereocenters. The maximum absolute atomic E-state index is 12.4. The maximum atomic E-state index is 12.4. The number of hydrogen-bond acceptors (Lipinski definition) is 5. The predicted octanol–water partition coefficient (Wildman–Crippen LogP) is 3.78. The molecule has 0 fully saturated rings. The van der Waals surface area contributed by atoms with Gasteiger partial charge in [-0.2, -0.15) is 0 Å². The average molecular weight is 359 g/mol. The van der Waals surface area contributed by atoms with Crippen LogP contribution >= 0.6 is 11.8 Å². The lowest BCUT2D eigenvalue weighted by atomic mass is 10.2. The van der Waals surface area contributed by atoms with Crippen molar-refractivity contribution in [1.82, 2.24) is 4.90 Å². The molecule has 7 heteroatoms. The van der Waals surface area contributed by atoms with E-state index in [2.05, 4.69) is 17.4 Å². The summed E-state index contributed by atoms with van der Waals surface area (Å²) in [5.74, 6) is -0.205. The highest BCUT2D eigenvalue weighted by atomic mass is 32.2. The third kappa shape index (κ3) is 5.30. The molecule has 0 aliphatic heterocycles. The first-order valence-electron chi connectivity index (χ1n) is 7.79. The summed E-state index contributed by atoms with van der Waals surface area (Å²) < 4.78 is 0. The number of non-ortho nitro benzene ring substituents is 1. The summed E-state index contributed by atoms with van der Waals surface area (Å²) in [5.41, 5.74) is 1.49. The molecule has 0 saturated heterocycles. The molecule has 0 aliphatic carbocycles. The standard InChI is InChI=1S/C18H21N3O3S/c1-13(20(2)12-14-7-9-17(25-3)10-8-14)18(22)19-15-5-4-6-16(11-15)21(23)24/h4-11,13H,12H2,1-3H3,(H,19,22)/t13-/m0/s1. The molecule has 0 bridgehead atoms. The molecule has 6 nitrogen and oxygen atoms in total. The normalized spacial score (nSPS) is 12.0. The molecule has 25 heavy (non-hydrogen) atoms. The van der Waals surface area contributed by atoms with Crippen LogP contribution in [0.1, 0.15) is 12.5 Å². The van der Waals surface area contributed by atoms with Crippen LogP contribution in [-0.4, -0.2) is 35.1 Å². The van der Waals surface area contributed by atoms with Gasteiger partial charge in [0, 0.05) is 29.3 Å². The topological polar surface area (TPSA) is 75.5 Å². The fourth-order valence-electron chi connectivity index (χ4n) is 2.30. The minimum absolute atomic E-state index is 0.0484. The van der Waals surface area contributed by atoms with Gasteiger partial charge in [-0.25, -0.2) is 0 Å². The van der Waals surface area contributed by atoms with Crippen molar-refractivity contribution >= 4 is 29.0 Å². The van der Waals surface area contributed by atoms with E-state index < -0.39 is 4.92 Å². The van der Waals surface area contributed by atoms with Crippen molar-refractivity contribution in [3.05, 3.63) is 64.2 Å². The third-order valence-corrected chi connectivity index (χ3v) is 4.70. The van der Waals surface area contributed by atoms with E-state index in [-0.39, 0.29) is 17.6 Å². The molecule has 2 aromatic rings. The SMILES string of the molecule is CSc1ccc(CN(C)[C@@H](C)C(=O)Nc2cccc([N+](=O)[O-])c2)cc1. The van der Waals surface area contributed by atoms with Gasteiger partial charge in [-0.05, 0) is 44.0 Å². The number of nitrogens with one attached hydrogen (secondary N) is 1. The molecule has 1 amide bonds. The summed E-state index contributed by atoms with van der Waals surface area (Å²) in [5, 5.41) is 13.5. The van der Waals surface area contributed by atoms with Crippen LogP contribution in [0, 0.1) is 10.1 Å². The Morgan fingerprint density at radius 1 is 1.28 bits per heavy atom. The van der Waals surface area contributed by atoms with E-state index in [1.807, 2.05) is 37.3 Å². The van der Waals surface area contributed by atoms with Crippen LogP contribution in [0.4, 0.5) is 11.4 Å². The van der Waals surface area contributed by atoms with Gasteiger partial charge >= 0.3 is 0 Å². The Hall–Kier alpha value is -2.38. The van der Waals surface area contributed by atoms with Crippen LogP contribution in [0.3, 0.4) is 0 Å². The van der Waals surface area contributed by atoms with Crippen LogP contribution < -0.4 is 5.32 Å². The molecule has 2 rings (SSSR count). The number of carbonyl (C=O) groups is 1. The van der Waals surface area contributed by atoms with Gasteiger partial charge in [0.2, 0.25) is 5.91 Å². The predicted molar refractivity (Wildman–Crippen MR) is 101 cm³/mol. The minimum atomic E-state index is -0.483. The fourth-order valence-corrected chi connectivity index (χ4v) is 2.71. The van der Waals surface area contributed by atoms with E-state index >= 15 is 0 Å². The van der Waals surface area contributed by atoms with Crippen molar-refractivity contribution in [2.24, 2.45) is 0 Å². The summed E-state index contributed by atoms with van der Waals surface area (Å²) in [7, 11) is 1.88. The van der Waals surface area contributed by atoms with Gasteiger partial charge in [0.1, 0.15) is 0 Å². The maximum Gasteiger partial charge on any atom is 0.271 e. The van der Waals surface area contributed by atoms with E-state index in [0.29, 0.717) is 12.2 Å². The monoisotopic (exact) mass is 359 g/mol. The first kappa shape index (κ1) is 19.0. The molecule has 0 heterocycles. The van der Waals surface area contributed by atoms with Crippen LogP contribution in [0.15, 0.2) is 53.4 Å². The number of likely N-dealkylation sites (N-methyl/N-ethyl adjacent to an activating group) is 1. The Morgan fingerprint density at radius 3 is 2.56 bits per heavy atom. The van der Waals surface area contributed by atoms with Crippen molar-refractivity contribution in [3.8, 4) is 0 Å². The minimum Gasteiger partial charge on any atom is -0.324 e. The van der Waals surface area contributed by atoms with Crippen molar-refractivity contribution in [3.63, 3.8) is 0 Å². The zero-order chi connectivity index (χ0) is 18.4. The fraction of sp³-hybridized carbons (Fsp3) is 0.278. The van der Waals surface area contributed by atoms with Gasteiger partial charge in [0.25, 0.3) is 5.69 Å². The Morgan fingerprint density at radius 2 is 1.96 bits per heavy atom. The number of thioether (sulfide) groups is 1. The van der Waals surface area contributed by atoms with Crippen molar-refractivity contribution in [2.75, 3.05) is 18.6 Å². The number of nitro benzene ring substituents is 1. The van der Waals surface area contributed by atoms with E-state index in [1.54, 1.807) is 23.9 Å². The van der Waals surface area contributed by atoms with Gasteiger partial charge in [0.05, 0.1) is 11.0 Å². The first-order valence-corrected chi connectivity index (χ1v) is 9.01. The highest BCUT2D eigenvalue weighted by Crippen LogP contribution is 2.18. The first-order chi connectivity index (χ1) is 11.9. The molecule has 0 aliphatic rings.